The fourth-order valence-corrected chi connectivity index (χ4v) is 3.55. The second-order valence-corrected chi connectivity index (χ2v) is 6.37. The molecule has 2 N–H and O–H groups in total. The van der Waals surface area contributed by atoms with E-state index in [2.05, 4.69) is 41.9 Å². The number of aromatic nitrogens is 1. The highest BCUT2D eigenvalue weighted by atomic mass is 32.1. The lowest BCUT2D eigenvalue weighted by Gasteiger charge is -2.35. The summed E-state index contributed by atoms with van der Waals surface area (Å²) in [6.45, 7) is 7.22. The lowest BCUT2D eigenvalue weighted by atomic mass is 10.1. The number of thiazole rings is 1. The van der Waals surface area contributed by atoms with Crippen LogP contribution in [0.3, 0.4) is 0 Å². The summed E-state index contributed by atoms with van der Waals surface area (Å²) in [6.07, 6.45) is 0.623. The van der Waals surface area contributed by atoms with Crippen LogP contribution in [0.1, 0.15) is 19.4 Å². The molecule has 0 spiro atoms. The summed E-state index contributed by atoms with van der Waals surface area (Å²) in [5.74, 6) is 0. The Morgan fingerprint density at radius 3 is 2.84 bits per heavy atom. The molecule has 19 heavy (non-hydrogen) atoms. The Morgan fingerprint density at radius 2 is 2.11 bits per heavy atom. The van der Waals surface area contributed by atoms with Crippen molar-refractivity contribution in [1.29, 1.82) is 0 Å². The summed E-state index contributed by atoms with van der Waals surface area (Å²) in [6, 6.07) is 6.41. The minimum absolute atomic E-state index is 0.312. The van der Waals surface area contributed by atoms with Crippen molar-refractivity contribution in [2.24, 2.45) is 0 Å². The number of nitrogens with two attached hydrogens (primary N) is 1. The Kier molecular flexibility index (Phi) is 3.43. The maximum atomic E-state index is 5.76. The van der Waals surface area contributed by atoms with E-state index in [9.17, 15) is 0 Å². The van der Waals surface area contributed by atoms with Crippen molar-refractivity contribution in [3.8, 4) is 0 Å². The number of morpholine rings is 1. The molecule has 1 fully saturated rings. The van der Waals surface area contributed by atoms with Gasteiger partial charge in [-0.15, -0.1) is 0 Å². The molecule has 5 heteroatoms. The summed E-state index contributed by atoms with van der Waals surface area (Å²) in [5.41, 5.74) is 8.05. The molecule has 2 atom stereocenters. The van der Waals surface area contributed by atoms with Crippen LogP contribution in [0, 0.1) is 0 Å². The smallest absolute Gasteiger partial charge is 0.181 e. The highest BCUT2D eigenvalue weighted by Crippen LogP contribution is 2.25. The lowest BCUT2D eigenvalue weighted by molar-refractivity contribution is -0.0704. The zero-order valence-electron chi connectivity index (χ0n) is 11.3. The number of rotatable bonds is 2. The number of benzene rings is 1. The molecule has 1 aromatic heterocycles. The molecule has 1 aliphatic rings. The van der Waals surface area contributed by atoms with Gasteiger partial charge in [-0.05, 0) is 31.5 Å². The van der Waals surface area contributed by atoms with Crippen molar-refractivity contribution >= 4 is 26.7 Å². The number of ether oxygens (including phenoxy) is 1. The molecular formula is C14H19N3OS. The Balaban J connectivity index is 1.77. The third-order valence-corrected chi connectivity index (χ3v) is 4.22. The molecule has 2 aromatic rings. The fourth-order valence-electron chi connectivity index (χ4n) is 2.76. The molecule has 1 saturated heterocycles. The van der Waals surface area contributed by atoms with Crippen LogP contribution in [-0.4, -0.2) is 35.2 Å². The van der Waals surface area contributed by atoms with E-state index in [0.717, 1.165) is 25.2 Å². The number of hydrogen-bond donors (Lipinski definition) is 1. The largest absolute Gasteiger partial charge is 0.375 e. The van der Waals surface area contributed by atoms with Gasteiger partial charge in [0.1, 0.15) is 0 Å². The number of anilines is 1. The van der Waals surface area contributed by atoms with Gasteiger partial charge in [-0.2, -0.15) is 0 Å². The van der Waals surface area contributed by atoms with E-state index in [1.54, 1.807) is 11.3 Å². The first kappa shape index (κ1) is 12.8. The molecule has 1 aromatic carbocycles. The summed E-state index contributed by atoms with van der Waals surface area (Å²) in [5, 5.41) is 0.640. The summed E-state index contributed by atoms with van der Waals surface area (Å²) in [4.78, 5) is 6.74. The molecule has 0 radical (unpaired) electrons. The van der Waals surface area contributed by atoms with Crippen molar-refractivity contribution in [2.75, 3.05) is 18.8 Å². The average Bonchev–Trinajstić information content (AvgIpc) is 2.67. The van der Waals surface area contributed by atoms with Crippen LogP contribution in [0.5, 0.6) is 0 Å². The van der Waals surface area contributed by atoms with Gasteiger partial charge < -0.3 is 10.5 Å². The Hall–Kier alpha value is -1.17. The Labute approximate surface area is 117 Å². The SMILES string of the molecule is C[C@@H]1CN(Cc2ccc3nc(N)sc3c2)C[C@H](C)O1. The van der Waals surface area contributed by atoms with Crippen molar-refractivity contribution < 1.29 is 4.74 Å². The molecule has 0 aliphatic carbocycles. The highest BCUT2D eigenvalue weighted by molar-refractivity contribution is 7.22. The zero-order valence-corrected chi connectivity index (χ0v) is 12.1. The standard InChI is InChI=1S/C14H19N3OS/c1-9-6-17(7-10(2)18-9)8-11-3-4-12-13(5-11)19-14(15)16-12/h3-5,9-10H,6-8H2,1-2H3,(H2,15,16)/t9-,10+. The van der Waals surface area contributed by atoms with Crippen LogP contribution in [-0.2, 0) is 11.3 Å². The van der Waals surface area contributed by atoms with Gasteiger partial charge in [0, 0.05) is 19.6 Å². The van der Waals surface area contributed by atoms with E-state index >= 15 is 0 Å². The maximum Gasteiger partial charge on any atom is 0.181 e. The molecule has 0 bridgehead atoms. The monoisotopic (exact) mass is 277 g/mol. The topological polar surface area (TPSA) is 51.4 Å². The normalized spacial score (nSPS) is 24.9. The number of nitrogen functional groups attached to an aromatic ring is 1. The van der Waals surface area contributed by atoms with Gasteiger partial charge in [0.25, 0.3) is 0 Å². The first-order chi connectivity index (χ1) is 9.10. The zero-order chi connectivity index (χ0) is 13.4. The quantitative estimate of drug-likeness (QED) is 0.916. The van der Waals surface area contributed by atoms with Crippen LogP contribution in [0.15, 0.2) is 18.2 Å². The molecule has 1 aliphatic heterocycles. The second-order valence-electron chi connectivity index (χ2n) is 5.31. The highest BCUT2D eigenvalue weighted by Gasteiger charge is 2.22. The van der Waals surface area contributed by atoms with E-state index in [-0.39, 0.29) is 0 Å². The van der Waals surface area contributed by atoms with Crippen LogP contribution in [0.25, 0.3) is 10.2 Å². The van der Waals surface area contributed by atoms with Gasteiger partial charge >= 0.3 is 0 Å². The Bertz CT molecular complexity index is 573. The molecule has 0 unspecified atom stereocenters. The van der Waals surface area contributed by atoms with E-state index in [1.807, 2.05) is 0 Å². The molecule has 0 saturated carbocycles. The van der Waals surface area contributed by atoms with Crippen molar-refractivity contribution in [3.63, 3.8) is 0 Å². The second kappa shape index (κ2) is 5.07. The predicted octanol–water partition coefficient (Wildman–Crippen LogP) is 2.49. The van der Waals surface area contributed by atoms with Gasteiger partial charge in [0.05, 0.1) is 22.4 Å². The van der Waals surface area contributed by atoms with E-state index in [1.165, 1.54) is 10.3 Å². The third-order valence-electron chi connectivity index (χ3n) is 3.37. The molecular weight excluding hydrogens is 258 g/mol. The van der Waals surface area contributed by atoms with E-state index < -0.39 is 0 Å². The van der Waals surface area contributed by atoms with Gasteiger partial charge in [0.2, 0.25) is 0 Å². The molecule has 102 valence electrons. The van der Waals surface area contributed by atoms with Gasteiger partial charge in [0.15, 0.2) is 5.13 Å². The average molecular weight is 277 g/mol. The van der Waals surface area contributed by atoms with E-state index in [0.29, 0.717) is 17.3 Å². The van der Waals surface area contributed by atoms with Gasteiger partial charge in [-0.1, -0.05) is 17.4 Å². The minimum Gasteiger partial charge on any atom is -0.375 e. The third kappa shape index (κ3) is 2.88. The maximum absolute atomic E-state index is 5.76. The predicted molar refractivity (Wildman–Crippen MR) is 79.3 cm³/mol. The molecule has 2 heterocycles. The molecule has 0 amide bonds. The first-order valence-corrected chi connectivity index (χ1v) is 7.44. The summed E-state index contributed by atoms with van der Waals surface area (Å²) in [7, 11) is 0. The van der Waals surface area contributed by atoms with Crippen molar-refractivity contribution in [2.45, 2.75) is 32.6 Å². The van der Waals surface area contributed by atoms with Crippen molar-refractivity contribution in [1.82, 2.24) is 9.88 Å². The van der Waals surface area contributed by atoms with Crippen LogP contribution in [0.2, 0.25) is 0 Å². The van der Waals surface area contributed by atoms with Gasteiger partial charge in [-0.3, -0.25) is 4.90 Å². The fraction of sp³-hybridized carbons (Fsp3) is 0.500. The van der Waals surface area contributed by atoms with Crippen LogP contribution >= 0.6 is 11.3 Å². The lowest BCUT2D eigenvalue weighted by Crippen LogP contribution is -2.44. The van der Waals surface area contributed by atoms with Gasteiger partial charge in [-0.25, -0.2) is 4.98 Å². The number of hydrogen-bond acceptors (Lipinski definition) is 5. The Morgan fingerprint density at radius 1 is 1.37 bits per heavy atom. The summed E-state index contributed by atoms with van der Waals surface area (Å²) < 4.78 is 6.93. The molecule has 4 nitrogen and oxygen atoms in total. The number of fused-ring (bicyclic) bond motifs is 1. The number of nitrogens with zero attached hydrogens (tertiary/aromatic N) is 2. The van der Waals surface area contributed by atoms with Crippen molar-refractivity contribution in [3.05, 3.63) is 23.8 Å². The van der Waals surface area contributed by atoms with E-state index in [4.69, 9.17) is 10.5 Å². The molecule has 3 rings (SSSR count). The van der Waals surface area contributed by atoms with Crippen LogP contribution in [0.4, 0.5) is 5.13 Å². The van der Waals surface area contributed by atoms with Crippen LogP contribution < -0.4 is 5.73 Å². The first-order valence-electron chi connectivity index (χ1n) is 6.63. The minimum atomic E-state index is 0.312. The summed E-state index contributed by atoms with van der Waals surface area (Å²) >= 11 is 1.55.